The van der Waals surface area contributed by atoms with Crippen LogP contribution in [0.15, 0.2) is 22.7 Å². The molecule has 3 aromatic rings. The predicted molar refractivity (Wildman–Crippen MR) is 157 cm³/mol. The monoisotopic (exact) mass is 561 g/mol. The summed E-state index contributed by atoms with van der Waals surface area (Å²) in [7, 11) is -3.59. The van der Waals surface area contributed by atoms with E-state index < -0.39 is 17.8 Å². The van der Waals surface area contributed by atoms with Crippen molar-refractivity contribution in [1.82, 2.24) is 24.5 Å². The van der Waals surface area contributed by atoms with Gasteiger partial charge in [0.1, 0.15) is 12.5 Å². The average molecular weight is 562 g/mol. The molecule has 1 atom stereocenters. The van der Waals surface area contributed by atoms with Crippen LogP contribution in [0.4, 0.5) is 11.5 Å². The Morgan fingerprint density at radius 2 is 1.95 bits per heavy atom. The molecule has 4 rings (SSSR count). The van der Waals surface area contributed by atoms with Gasteiger partial charge in [-0.05, 0) is 13.0 Å². The topological polar surface area (TPSA) is 99.7 Å². The minimum Gasteiger partial charge on any atom is -0.377 e. The van der Waals surface area contributed by atoms with Gasteiger partial charge in [0.25, 0.3) is 0 Å². The smallest absolute Gasteiger partial charge is 0.177 e. The van der Waals surface area contributed by atoms with Crippen molar-refractivity contribution in [3.63, 3.8) is 0 Å². The molecule has 210 valence electrons. The van der Waals surface area contributed by atoms with Crippen LogP contribution in [0.25, 0.3) is 16.9 Å². The first kappa shape index (κ1) is 28.7. The van der Waals surface area contributed by atoms with E-state index in [1.165, 1.54) is 0 Å². The van der Waals surface area contributed by atoms with E-state index in [9.17, 15) is 4.21 Å². The fourth-order valence-electron chi connectivity index (χ4n) is 4.36. The molecule has 3 aromatic heterocycles. The number of pyridine rings is 1. The van der Waals surface area contributed by atoms with Crippen molar-refractivity contribution < 1.29 is 13.7 Å². The second-order valence-electron chi connectivity index (χ2n) is 12.7. The van der Waals surface area contributed by atoms with E-state index in [0.29, 0.717) is 37.1 Å². The summed E-state index contributed by atoms with van der Waals surface area (Å²) in [5, 5.41) is 10.6. The molecule has 1 aliphatic rings. The lowest BCUT2D eigenvalue weighted by atomic mass is 9.90. The van der Waals surface area contributed by atoms with Crippen molar-refractivity contribution in [2.24, 2.45) is 4.36 Å². The number of nitrogens with zero attached hydrogens (tertiary/aromatic N) is 7. The fraction of sp³-hybridized carbons (Fsp3) is 0.654. The highest BCUT2D eigenvalue weighted by Gasteiger charge is 2.29. The molecule has 1 fully saturated rings. The molecule has 0 aromatic carbocycles. The molecule has 1 saturated heterocycles. The first-order valence-corrected chi connectivity index (χ1v) is 19.2. The summed E-state index contributed by atoms with van der Waals surface area (Å²) in [6, 6.07) is 5.13. The molecular formula is C26H43N7O3SSi. The molecule has 1 aliphatic heterocycles. The summed E-state index contributed by atoms with van der Waals surface area (Å²) in [5.41, 5.74) is 1.83. The van der Waals surface area contributed by atoms with Gasteiger partial charge in [-0.1, -0.05) is 40.4 Å². The third kappa shape index (κ3) is 6.83. The van der Waals surface area contributed by atoms with Crippen LogP contribution < -0.4 is 4.90 Å². The summed E-state index contributed by atoms with van der Waals surface area (Å²) in [5.74, 6) is 1.42. The van der Waals surface area contributed by atoms with Crippen molar-refractivity contribution in [3.05, 3.63) is 24.0 Å². The van der Waals surface area contributed by atoms with E-state index in [2.05, 4.69) is 52.2 Å². The van der Waals surface area contributed by atoms with E-state index >= 15 is 0 Å². The predicted octanol–water partition coefficient (Wildman–Crippen LogP) is 4.81. The molecule has 0 saturated carbocycles. The van der Waals surface area contributed by atoms with Crippen molar-refractivity contribution in [2.45, 2.75) is 71.6 Å². The number of rotatable bonds is 8. The van der Waals surface area contributed by atoms with Gasteiger partial charge in [0, 0.05) is 67.2 Å². The Kier molecular flexibility index (Phi) is 8.09. The fourth-order valence-corrected chi connectivity index (χ4v) is 5.74. The van der Waals surface area contributed by atoms with E-state index in [1.807, 2.05) is 18.3 Å². The van der Waals surface area contributed by atoms with Gasteiger partial charge in [0.15, 0.2) is 11.5 Å². The van der Waals surface area contributed by atoms with Crippen molar-refractivity contribution in [3.8, 4) is 5.82 Å². The van der Waals surface area contributed by atoms with Crippen LogP contribution in [0.2, 0.25) is 25.7 Å². The van der Waals surface area contributed by atoms with E-state index in [-0.39, 0.29) is 11.5 Å². The molecule has 0 aliphatic carbocycles. The molecule has 0 unspecified atom stereocenters. The summed E-state index contributed by atoms with van der Waals surface area (Å²) >= 11 is 0. The Balaban J connectivity index is 1.83. The first-order chi connectivity index (χ1) is 17.6. The van der Waals surface area contributed by atoms with Gasteiger partial charge >= 0.3 is 0 Å². The molecule has 0 spiro atoms. The normalized spacial score (nSPS) is 17.4. The van der Waals surface area contributed by atoms with Gasteiger partial charge in [-0.25, -0.2) is 13.9 Å². The lowest BCUT2D eigenvalue weighted by Gasteiger charge is -2.34. The van der Waals surface area contributed by atoms with Gasteiger partial charge in [-0.2, -0.15) is 19.2 Å². The number of fused-ring (bicyclic) bond motifs is 1. The van der Waals surface area contributed by atoms with E-state index in [1.54, 1.807) is 21.9 Å². The maximum absolute atomic E-state index is 12.9. The van der Waals surface area contributed by atoms with Crippen LogP contribution in [0.1, 0.15) is 33.4 Å². The van der Waals surface area contributed by atoms with Crippen molar-refractivity contribution >= 4 is 40.3 Å². The van der Waals surface area contributed by atoms with Crippen LogP contribution in [-0.4, -0.2) is 81.7 Å². The standard InChI is InChI=1S/C26H43N7O3SSi/c1-19-17-35-13-12-32(19)22-16-20(30-37(5,6)34)23-24(26(2,3)4)29-33(25(23)27-22)21-10-11-31(28-21)18-36-14-15-38(7,8)9/h10-11,16,19H,12-15,17-18H2,1-9H3/t19-/m1/s1. The zero-order valence-electron chi connectivity index (χ0n) is 24.3. The highest BCUT2D eigenvalue weighted by atomic mass is 32.2. The largest absolute Gasteiger partial charge is 0.377 e. The summed E-state index contributed by atoms with van der Waals surface area (Å²) in [6.45, 7) is 18.6. The first-order valence-electron chi connectivity index (χ1n) is 13.2. The molecule has 12 heteroatoms. The minimum absolute atomic E-state index is 0.153. The lowest BCUT2D eigenvalue weighted by Crippen LogP contribution is -2.44. The van der Waals surface area contributed by atoms with E-state index in [4.69, 9.17) is 29.0 Å². The van der Waals surface area contributed by atoms with Crippen LogP contribution in [-0.2, 0) is 31.3 Å². The Labute approximate surface area is 227 Å². The SMILES string of the molecule is C[C@@H]1COCCN1c1cc(N=S(C)(C)=O)c2c(C(C)(C)C)nn(-c3ccn(COCC[Si](C)(C)C)n3)c2n1. The Hall–Kier alpha value is -2.28. The van der Waals surface area contributed by atoms with Gasteiger partial charge in [0.2, 0.25) is 0 Å². The number of ether oxygens (including phenoxy) is 2. The number of anilines is 1. The molecule has 0 amide bonds. The van der Waals surface area contributed by atoms with Gasteiger partial charge in [0.05, 0.1) is 36.0 Å². The number of hydrogen-bond acceptors (Lipinski definition) is 8. The highest BCUT2D eigenvalue weighted by molar-refractivity contribution is 7.92. The molecule has 38 heavy (non-hydrogen) atoms. The van der Waals surface area contributed by atoms with Crippen molar-refractivity contribution in [2.75, 3.05) is 43.8 Å². The lowest BCUT2D eigenvalue weighted by molar-refractivity contribution is 0.0785. The third-order valence-electron chi connectivity index (χ3n) is 6.36. The maximum atomic E-state index is 12.9. The summed E-state index contributed by atoms with van der Waals surface area (Å²) in [6.07, 6.45) is 5.21. The second kappa shape index (κ2) is 10.7. The summed E-state index contributed by atoms with van der Waals surface area (Å²) in [4.78, 5) is 7.32. The molecule has 0 radical (unpaired) electrons. The third-order valence-corrected chi connectivity index (χ3v) is 8.70. The minimum atomic E-state index is -2.43. The number of morpholine rings is 1. The van der Waals surface area contributed by atoms with Crippen LogP contribution in [0.5, 0.6) is 0 Å². The zero-order valence-corrected chi connectivity index (χ0v) is 26.1. The Bertz CT molecular complexity index is 1400. The molecule has 0 bridgehead atoms. The highest BCUT2D eigenvalue weighted by Crippen LogP contribution is 2.39. The molecule has 10 nitrogen and oxygen atoms in total. The number of hydrogen-bond donors (Lipinski definition) is 0. The molecule has 0 N–H and O–H groups in total. The van der Waals surface area contributed by atoms with Crippen LogP contribution in [0, 0.1) is 0 Å². The molecular weight excluding hydrogens is 518 g/mol. The van der Waals surface area contributed by atoms with Crippen molar-refractivity contribution in [1.29, 1.82) is 0 Å². The zero-order chi connectivity index (χ0) is 27.9. The van der Waals surface area contributed by atoms with Gasteiger partial charge in [-0.15, -0.1) is 0 Å². The quantitative estimate of drug-likeness (QED) is 0.287. The van der Waals surface area contributed by atoms with Crippen LogP contribution in [0.3, 0.4) is 0 Å². The average Bonchev–Trinajstić information content (AvgIpc) is 3.40. The molecule has 4 heterocycles. The maximum Gasteiger partial charge on any atom is 0.177 e. The van der Waals surface area contributed by atoms with Crippen LogP contribution >= 0.6 is 0 Å². The number of aromatic nitrogens is 5. The van der Waals surface area contributed by atoms with Gasteiger partial charge < -0.3 is 14.4 Å². The van der Waals surface area contributed by atoms with E-state index in [0.717, 1.165) is 36.1 Å². The summed E-state index contributed by atoms with van der Waals surface area (Å²) < 4.78 is 32.7. The van der Waals surface area contributed by atoms with Gasteiger partial charge in [-0.3, -0.25) is 0 Å². The Morgan fingerprint density at radius 3 is 2.58 bits per heavy atom. The second-order valence-corrected chi connectivity index (χ2v) is 20.8. The Morgan fingerprint density at radius 1 is 1.21 bits per heavy atom.